The van der Waals surface area contributed by atoms with Crippen LogP contribution in [0, 0.1) is 0 Å². The van der Waals surface area contributed by atoms with Crippen LogP contribution in [0.1, 0.15) is 28.5 Å². The minimum Gasteiger partial charge on any atom is -0.364 e. The summed E-state index contributed by atoms with van der Waals surface area (Å²) in [6.45, 7) is -0.194. The number of hydrogen-bond acceptors (Lipinski definition) is 2. The maximum absolute atomic E-state index is 12.4. The smallest absolute Gasteiger partial charge is 0.364 e. The number of rotatable bonds is 4. The van der Waals surface area contributed by atoms with E-state index in [4.69, 9.17) is 4.74 Å². The van der Waals surface area contributed by atoms with Gasteiger partial charge >= 0.3 is 12.4 Å². The predicted octanol–water partition coefficient (Wildman–Crippen LogP) is 4.93. The molecule has 0 fully saturated rings. The molecule has 0 radical (unpaired) electrons. The van der Waals surface area contributed by atoms with Crippen LogP contribution in [0.3, 0.4) is 0 Å². The lowest BCUT2D eigenvalue weighted by atomic mass is 10.1. The Labute approximate surface area is 133 Å². The van der Waals surface area contributed by atoms with Crippen molar-refractivity contribution in [2.45, 2.75) is 25.2 Å². The maximum atomic E-state index is 12.4. The van der Waals surface area contributed by atoms with E-state index in [0.29, 0.717) is 5.56 Å². The summed E-state index contributed by atoms with van der Waals surface area (Å²) in [7, 11) is 0. The van der Waals surface area contributed by atoms with Crippen LogP contribution >= 0.6 is 0 Å². The maximum Gasteiger partial charge on any atom is 0.416 e. The van der Waals surface area contributed by atoms with Gasteiger partial charge in [-0.3, -0.25) is 0 Å². The van der Waals surface area contributed by atoms with Crippen molar-refractivity contribution in [1.29, 1.82) is 0 Å². The molecule has 0 saturated carbocycles. The Kier molecular flexibility index (Phi) is 5.19. The van der Waals surface area contributed by atoms with Crippen molar-refractivity contribution in [3.8, 4) is 0 Å². The Morgan fingerprint density at radius 2 is 1.17 bits per heavy atom. The zero-order valence-corrected chi connectivity index (χ0v) is 12.0. The largest absolute Gasteiger partial charge is 0.416 e. The second-order valence-electron chi connectivity index (χ2n) is 4.98. The van der Waals surface area contributed by atoms with Crippen LogP contribution in [-0.2, 0) is 23.7 Å². The Morgan fingerprint density at radius 1 is 0.750 bits per heavy atom. The van der Waals surface area contributed by atoms with Gasteiger partial charge in [0, 0.05) is 5.56 Å². The Bertz CT molecular complexity index is 659. The molecule has 0 amide bonds. The second-order valence-corrected chi connectivity index (χ2v) is 4.98. The van der Waals surface area contributed by atoms with Crippen molar-refractivity contribution in [1.82, 2.24) is 0 Å². The molecule has 2 aromatic rings. The predicted molar refractivity (Wildman–Crippen MR) is 72.6 cm³/mol. The monoisotopic (exact) mass is 350 g/mol. The van der Waals surface area contributed by atoms with E-state index < -0.39 is 29.8 Å². The van der Waals surface area contributed by atoms with Gasteiger partial charge in [0.15, 0.2) is 6.29 Å². The van der Waals surface area contributed by atoms with Crippen molar-refractivity contribution >= 4 is 0 Å². The Morgan fingerprint density at radius 3 is 1.58 bits per heavy atom. The molecule has 0 aromatic heterocycles. The molecular weight excluding hydrogens is 338 g/mol. The number of hydrogen-bond donors (Lipinski definition) is 1. The van der Waals surface area contributed by atoms with Gasteiger partial charge in [-0.25, -0.2) is 0 Å². The SMILES string of the molecule is OC(OCc1ccc(C(F)(F)F)cc1)c1ccc(C(F)(F)F)cc1. The first-order valence-corrected chi connectivity index (χ1v) is 6.70. The summed E-state index contributed by atoms with van der Waals surface area (Å²) < 4.78 is 79.6. The van der Waals surface area contributed by atoms with Crippen molar-refractivity contribution in [3.63, 3.8) is 0 Å². The van der Waals surface area contributed by atoms with E-state index in [2.05, 4.69) is 0 Å². The third kappa shape index (κ3) is 4.72. The summed E-state index contributed by atoms with van der Waals surface area (Å²) in [6, 6.07) is 7.90. The molecule has 1 N–H and O–H groups in total. The fourth-order valence-electron chi connectivity index (χ4n) is 1.90. The first kappa shape index (κ1) is 18.3. The molecule has 0 aliphatic carbocycles. The van der Waals surface area contributed by atoms with Gasteiger partial charge in [0.1, 0.15) is 0 Å². The van der Waals surface area contributed by atoms with Crippen LogP contribution in [0.15, 0.2) is 48.5 Å². The van der Waals surface area contributed by atoms with E-state index in [9.17, 15) is 31.4 Å². The molecule has 0 bridgehead atoms. The molecule has 0 heterocycles. The summed E-state index contributed by atoms with van der Waals surface area (Å²) in [6.07, 6.45) is -10.4. The number of alkyl halides is 6. The van der Waals surface area contributed by atoms with Crippen molar-refractivity contribution < 1.29 is 36.2 Å². The van der Waals surface area contributed by atoms with Crippen molar-refractivity contribution in [2.75, 3.05) is 0 Å². The first-order valence-electron chi connectivity index (χ1n) is 6.70. The average molecular weight is 350 g/mol. The fraction of sp³-hybridized carbons (Fsp3) is 0.250. The lowest BCUT2D eigenvalue weighted by Crippen LogP contribution is -2.07. The van der Waals surface area contributed by atoms with E-state index in [1.807, 2.05) is 0 Å². The molecule has 2 rings (SSSR count). The molecule has 2 aromatic carbocycles. The van der Waals surface area contributed by atoms with Crippen LogP contribution in [-0.4, -0.2) is 5.11 Å². The molecular formula is C16H12F6O2. The van der Waals surface area contributed by atoms with Gasteiger partial charge in [-0.2, -0.15) is 26.3 Å². The van der Waals surface area contributed by atoms with Crippen LogP contribution in [0.4, 0.5) is 26.3 Å². The number of benzene rings is 2. The Balaban J connectivity index is 1.96. The first-order chi connectivity index (χ1) is 11.1. The minimum atomic E-state index is -4.48. The highest BCUT2D eigenvalue weighted by molar-refractivity contribution is 5.26. The highest BCUT2D eigenvalue weighted by Gasteiger charge is 2.31. The highest BCUT2D eigenvalue weighted by atomic mass is 19.4. The number of halogens is 6. The summed E-state index contributed by atoms with van der Waals surface area (Å²) in [5.74, 6) is 0. The fourth-order valence-corrected chi connectivity index (χ4v) is 1.90. The zero-order valence-electron chi connectivity index (χ0n) is 12.0. The van der Waals surface area contributed by atoms with E-state index >= 15 is 0 Å². The van der Waals surface area contributed by atoms with Gasteiger partial charge in [-0.15, -0.1) is 0 Å². The van der Waals surface area contributed by atoms with Gasteiger partial charge in [-0.05, 0) is 29.8 Å². The molecule has 1 atom stereocenters. The summed E-state index contributed by atoms with van der Waals surface area (Å²) >= 11 is 0. The van der Waals surface area contributed by atoms with Crippen LogP contribution in [0.25, 0.3) is 0 Å². The van der Waals surface area contributed by atoms with Gasteiger partial charge in [0.25, 0.3) is 0 Å². The molecule has 24 heavy (non-hydrogen) atoms. The van der Waals surface area contributed by atoms with Gasteiger partial charge in [-0.1, -0.05) is 24.3 Å². The molecule has 1 unspecified atom stereocenters. The normalized spacial score (nSPS) is 13.8. The summed E-state index contributed by atoms with van der Waals surface area (Å²) in [5, 5.41) is 9.78. The molecule has 0 aliphatic heterocycles. The minimum absolute atomic E-state index is 0.106. The van der Waals surface area contributed by atoms with Gasteiger partial charge in [0.05, 0.1) is 17.7 Å². The standard InChI is InChI=1S/C16H12F6O2/c17-15(18,19)12-5-1-10(2-6-12)9-24-14(23)11-3-7-13(8-4-11)16(20,21)22/h1-8,14,23H,9H2. The Hall–Kier alpha value is -2.06. The van der Waals surface area contributed by atoms with Crippen molar-refractivity contribution in [3.05, 3.63) is 70.8 Å². The third-order valence-electron chi connectivity index (χ3n) is 3.21. The molecule has 0 spiro atoms. The molecule has 0 aliphatic rings. The zero-order chi connectivity index (χ0) is 18.0. The van der Waals surface area contributed by atoms with Crippen LogP contribution < -0.4 is 0 Å². The molecule has 130 valence electrons. The topological polar surface area (TPSA) is 29.5 Å². The average Bonchev–Trinajstić information content (AvgIpc) is 2.51. The van der Waals surface area contributed by atoms with E-state index in [0.717, 1.165) is 36.4 Å². The third-order valence-corrected chi connectivity index (χ3v) is 3.21. The number of ether oxygens (including phenoxy) is 1. The van der Waals surface area contributed by atoms with Gasteiger partial charge < -0.3 is 9.84 Å². The lowest BCUT2D eigenvalue weighted by molar-refractivity contribution is -0.138. The molecule has 0 saturated heterocycles. The van der Waals surface area contributed by atoms with Gasteiger partial charge in [0.2, 0.25) is 0 Å². The summed E-state index contributed by atoms with van der Waals surface area (Å²) in [5.41, 5.74) is -1.18. The molecule has 2 nitrogen and oxygen atoms in total. The highest BCUT2D eigenvalue weighted by Crippen LogP contribution is 2.31. The van der Waals surface area contributed by atoms with Crippen LogP contribution in [0.2, 0.25) is 0 Å². The van der Waals surface area contributed by atoms with E-state index in [-0.39, 0.29) is 12.2 Å². The quantitative estimate of drug-likeness (QED) is 0.626. The second kappa shape index (κ2) is 6.82. The van der Waals surface area contributed by atoms with Crippen LogP contribution in [0.5, 0.6) is 0 Å². The summed E-state index contributed by atoms with van der Waals surface area (Å²) in [4.78, 5) is 0. The number of aliphatic hydroxyl groups is 1. The molecule has 8 heteroatoms. The van der Waals surface area contributed by atoms with Crippen molar-refractivity contribution in [2.24, 2.45) is 0 Å². The van der Waals surface area contributed by atoms with E-state index in [1.165, 1.54) is 12.1 Å². The van der Waals surface area contributed by atoms with E-state index in [1.54, 1.807) is 0 Å². The lowest BCUT2D eigenvalue weighted by Gasteiger charge is -2.14. The number of aliphatic hydroxyl groups excluding tert-OH is 1.